The average Bonchev–Trinajstić information content (AvgIpc) is 2.39. The molecule has 2 nitrogen and oxygen atoms in total. The summed E-state index contributed by atoms with van der Waals surface area (Å²) in [5, 5.41) is -7.96. The quantitative estimate of drug-likeness (QED) is 0.618. The Labute approximate surface area is 138 Å². The third kappa shape index (κ3) is 2.92. The van der Waals surface area contributed by atoms with Crippen molar-refractivity contribution in [3.63, 3.8) is 0 Å². The Morgan fingerprint density at radius 2 is 1.21 bits per heavy atom. The van der Waals surface area contributed by atoms with Gasteiger partial charge >= 0.3 is 23.3 Å². The van der Waals surface area contributed by atoms with Gasteiger partial charge in [0.1, 0.15) is 0 Å². The van der Waals surface area contributed by atoms with Crippen LogP contribution in [0.4, 0.5) is 39.5 Å². The smallest absolute Gasteiger partial charge is 0.217 e. The van der Waals surface area contributed by atoms with Gasteiger partial charge in [0.05, 0.1) is 14.9 Å². The Kier molecular flexibility index (Phi) is 5.15. The van der Waals surface area contributed by atoms with Crippen molar-refractivity contribution >= 4 is 33.0 Å². The molecule has 0 fully saturated rings. The molecule has 0 aliphatic heterocycles. The molecule has 0 N–H and O–H groups in total. The molecule has 0 amide bonds. The van der Waals surface area contributed by atoms with Gasteiger partial charge in [-0.25, -0.2) is 8.42 Å². The second-order valence-corrected chi connectivity index (χ2v) is 7.05. The van der Waals surface area contributed by atoms with Gasteiger partial charge in [0.15, 0.2) is 0 Å². The lowest BCUT2D eigenvalue weighted by molar-refractivity contribution is -0.382. The molecule has 0 heterocycles. The van der Waals surface area contributed by atoms with Crippen LogP contribution in [0, 0.1) is 0 Å². The highest BCUT2D eigenvalue weighted by molar-refractivity contribution is 7.92. The third-order valence-corrected chi connectivity index (χ3v) is 5.20. The van der Waals surface area contributed by atoms with Gasteiger partial charge in [0.2, 0.25) is 9.84 Å². The molecular weight excluding hydrogens is 426 g/mol. The van der Waals surface area contributed by atoms with Crippen LogP contribution in [0.2, 0.25) is 10.0 Å². The van der Waals surface area contributed by atoms with Crippen LogP contribution in [-0.2, 0) is 9.84 Å². The fraction of sp³-hybridized carbons (Fsp3) is 0.400. The van der Waals surface area contributed by atoms with Gasteiger partial charge in [-0.3, -0.25) is 0 Å². The van der Waals surface area contributed by atoms with E-state index in [9.17, 15) is 47.9 Å². The van der Waals surface area contributed by atoms with Crippen LogP contribution in [0.1, 0.15) is 0 Å². The van der Waals surface area contributed by atoms with Crippen LogP contribution in [0.25, 0.3) is 0 Å². The molecular formula is C10H3Cl2F9O2S. The van der Waals surface area contributed by atoms with E-state index in [0.717, 1.165) is 0 Å². The highest BCUT2D eigenvalue weighted by atomic mass is 35.5. The minimum atomic E-state index is -7.33. The molecule has 0 aliphatic carbocycles. The molecule has 1 aromatic rings. The molecule has 0 bridgehead atoms. The third-order valence-electron chi connectivity index (χ3n) is 2.65. The number of halogens is 11. The fourth-order valence-electron chi connectivity index (χ4n) is 1.32. The Morgan fingerprint density at radius 3 is 1.58 bits per heavy atom. The van der Waals surface area contributed by atoms with Gasteiger partial charge < -0.3 is 0 Å². The first-order valence-electron chi connectivity index (χ1n) is 5.31. The van der Waals surface area contributed by atoms with Crippen molar-refractivity contribution in [2.24, 2.45) is 0 Å². The molecule has 1 rings (SSSR count). The normalized spacial score (nSPS) is 14.8. The maximum absolute atomic E-state index is 13.5. The monoisotopic (exact) mass is 428 g/mol. The van der Waals surface area contributed by atoms with Crippen molar-refractivity contribution in [1.82, 2.24) is 0 Å². The SMILES string of the molecule is O=S(=O)(c1ccc(Cl)c(Cl)c1)C(F)(F)C(F)(F)C(F)(F)C(F)(F)F. The van der Waals surface area contributed by atoms with Gasteiger partial charge in [-0.2, -0.15) is 39.5 Å². The zero-order valence-electron chi connectivity index (χ0n) is 10.6. The zero-order chi connectivity index (χ0) is 19.4. The van der Waals surface area contributed by atoms with E-state index in [0.29, 0.717) is 6.07 Å². The Morgan fingerprint density at radius 1 is 0.750 bits per heavy atom. The summed E-state index contributed by atoms with van der Waals surface area (Å²) in [6.45, 7) is 0. The van der Waals surface area contributed by atoms with E-state index in [4.69, 9.17) is 23.2 Å². The predicted octanol–water partition coefficient (Wildman–Crippen LogP) is 5.19. The minimum absolute atomic E-state index is 0.106. The van der Waals surface area contributed by atoms with Gasteiger partial charge in [-0.1, -0.05) is 23.2 Å². The molecule has 0 spiro atoms. The molecule has 0 saturated heterocycles. The Balaban J connectivity index is 3.59. The lowest BCUT2D eigenvalue weighted by Gasteiger charge is -2.33. The standard InChI is InChI=1S/C10H3Cl2F9O2S/c11-5-2-1-4(3-6(5)12)24(22,23)10(20,21)8(15,16)7(13,14)9(17,18)19/h1-3H. The number of hydrogen-bond acceptors (Lipinski definition) is 2. The van der Waals surface area contributed by atoms with Crippen LogP contribution < -0.4 is 0 Å². The van der Waals surface area contributed by atoms with Crippen LogP contribution in [0.5, 0.6) is 0 Å². The van der Waals surface area contributed by atoms with E-state index in [-0.39, 0.29) is 12.1 Å². The lowest BCUT2D eigenvalue weighted by atomic mass is 10.1. The first-order valence-corrected chi connectivity index (χ1v) is 7.55. The van der Waals surface area contributed by atoms with E-state index in [2.05, 4.69) is 0 Å². The van der Waals surface area contributed by atoms with Gasteiger partial charge in [0, 0.05) is 0 Å². The van der Waals surface area contributed by atoms with Crippen molar-refractivity contribution in [3.8, 4) is 0 Å². The summed E-state index contributed by atoms with van der Waals surface area (Å²) >= 11 is 10.6. The molecule has 138 valence electrons. The predicted molar refractivity (Wildman–Crippen MR) is 64.5 cm³/mol. The van der Waals surface area contributed by atoms with E-state index in [1.54, 1.807) is 0 Å². The van der Waals surface area contributed by atoms with Crippen LogP contribution in [0.15, 0.2) is 23.1 Å². The highest BCUT2D eigenvalue weighted by Gasteiger charge is 2.85. The summed E-state index contributed by atoms with van der Waals surface area (Å²) in [6.07, 6.45) is -7.13. The second-order valence-electron chi connectivity index (χ2n) is 4.24. The maximum atomic E-state index is 13.5. The van der Waals surface area contributed by atoms with E-state index < -0.39 is 48.1 Å². The maximum Gasteiger partial charge on any atom is 0.460 e. The van der Waals surface area contributed by atoms with E-state index in [1.807, 2.05) is 0 Å². The number of rotatable bonds is 4. The molecule has 0 saturated carbocycles. The van der Waals surface area contributed by atoms with Crippen molar-refractivity contribution in [2.75, 3.05) is 0 Å². The molecule has 0 aromatic heterocycles. The van der Waals surface area contributed by atoms with Gasteiger partial charge in [-0.15, -0.1) is 0 Å². The van der Waals surface area contributed by atoms with Gasteiger partial charge in [0.25, 0.3) is 0 Å². The Hall–Kier alpha value is -0.880. The summed E-state index contributed by atoms with van der Waals surface area (Å²) in [5.41, 5.74) is 0. The van der Waals surface area contributed by atoms with Crippen molar-refractivity contribution < 1.29 is 47.9 Å². The molecule has 14 heteroatoms. The minimum Gasteiger partial charge on any atom is -0.217 e. The number of alkyl halides is 9. The molecule has 0 radical (unpaired) electrons. The summed E-state index contributed by atoms with van der Waals surface area (Å²) < 4.78 is 138. The van der Waals surface area contributed by atoms with Gasteiger partial charge in [-0.05, 0) is 18.2 Å². The summed E-state index contributed by atoms with van der Waals surface area (Å²) in [5.74, 6) is -14.6. The zero-order valence-corrected chi connectivity index (χ0v) is 12.9. The molecule has 24 heavy (non-hydrogen) atoms. The molecule has 0 atom stereocenters. The first kappa shape index (κ1) is 21.2. The van der Waals surface area contributed by atoms with E-state index in [1.165, 1.54) is 0 Å². The number of benzene rings is 1. The summed E-state index contributed by atoms with van der Waals surface area (Å²) in [7, 11) is -6.69. The van der Waals surface area contributed by atoms with Crippen molar-refractivity contribution in [2.45, 2.75) is 28.2 Å². The fourth-order valence-corrected chi connectivity index (χ4v) is 2.97. The molecule has 0 unspecified atom stereocenters. The first-order chi connectivity index (χ1) is 10.4. The lowest BCUT2D eigenvalue weighted by Crippen LogP contribution is -2.63. The number of sulfone groups is 1. The number of hydrogen-bond donors (Lipinski definition) is 0. The molecule has 1 aromatic carbocycles. The largest absolute Gasteiger partial charge is 0.460 e. The Bertz CT molecular complexity index is 743. The van der Waals surface area contributed by atoms with Crippen LogP contribution >= 0.6 is 23.2 Å². The summed E-state index contributed by atoms with van der Waals surface area (Å²) in [4.78, 5) is -1.72. The van der Waals surface area contributed by atoms with E-state index >= 15 is 0 Å². The van der Waals surface area contributed by atoms with Crippen LogP contribution in [-0.4, -0.2) is 31.7 Å². The van der Waals surface area contributed by atoms with Crippen LogP contribution in [0.3, 0.4) is 0 Å². The van der Waals surface area contributed by atoms with Crippen molar-refractivity contribution in [3.05, 3.63) is 28.2 Å². The topological polar surface area (TPSA) is 34.1 Å². The average molecular weight is 429 g/mol. The van der Waals surface area contributed by atoms with Crippen molar-refractivity contribution in [1.29, 1.82) is 0 Å². The molecule has 0 aliphatic rings. The summed E-state index contributed by atoms with van der Waals surface area (Å²) in [6, 6.07) is 0.848. The second kappa shape index (κ2) is 5.84. The highest BCUT2D eigenvalue weighted by Crippen LogP contribution is 2.55.